The van der Waals surface area contributed by atoms with Crippen LogP contribution in [0, 0.1) is 11.2 Å². The predicted molar refractivity (Wildman–Crippen MR) is 68.3 cm³/mol. The molecular formula is C14H20FNO2. The Morgan fingerprint density at radius 1 is 1.50 bits per heavy atom. The second kappa shape index (κ2) is 5.24. The molecule has 1 heterocycles. The van der Waals surface area contributed by atoms with Crippen LogP contribution in [-0.4, -0.2) is 26.9 Å². The van der Waals surface area contributed by atoms with Crippen molar-refractivity contribution in [3.05, 3.63) is 29.6 Å². The average Bonchev–Trinajstić information content (AvgIpc) is 2.34. The van der Waals surface area contributed by atoms with Crippen molar-refractivity contribution in [1.29, 1.82) is 0 Å². The smallest absolute Gasteiger partial charge is 0.165 e. The number of ether oxygens (including phenoxy) is 2. The molecule has 0 aromatic heterocycles. The van der Waals surface area contributed by atoms with Crippen LogP contribution in [0.2, 0.25) is 0 Å². The molecule has 1 aliphatic heterocycles. The molecule has 100 valence electrons. The van der Waals surface area contributed by atoms with Crippen molar-refractivity contribution in [3.63, 3.8) is 0 Å². The highest BCUT2D eigenvalue weighted by molar-refractivity contribution is 5.31. The molecule has 1 N–H and O–H groups in total. The summed E-state index contributed by atoms with van der Waals surface area (Å²) >= 11 is 0. The van der Waals surface area contributed by atoms with E-state index in [1.54, 1.807) is 12.1 Å². The summed E-state index contributed by atoms with van der Waals surface area (Å²) in [5.41, 5.74) is 1.26. The van der Waals surface area contributed by atoms with Crippen molar-refractivity contribution in [1.82, 2.24) is 5.32 Å². The molecule has 1 atom stereocenters. The molecular weight excluding hydrogens is 233 g/mol. The number of hydrogen-bond acceptors (Lipinski definition) is 3. The Balaban J connectivity index is 1.97. The summed E-state index contributed by atoms with van der Waals surface area (Å²) < 4.78 is 23.5. The summed E-state index contributed by atoms with van der Waals surface area (Å²) in [4.78, 5) is 0. The summed E-state index contributed by atoms with van der Waals surface area (Å²) in [6, 6.07) is 5.14. The van der Waals surface area contributed by atoms with Crippen LogP contribution in [0.3, 0.4) is 0 Å². The van der Waals surface area contributed by atoms with E-state index in [1.165, 1.54) is 13.2 Å². The quantitative estimate of drug-likeness (QED) is 0.874. The lowest BCUT2D eigenvalue weighted by molar-refractivity contribution is -0.0999. The Morgan fingerprint density at radius 2 is 2.22 bits per heavy atom. The molecule has 3 nitrogen and oxygen atoms in total. The molecule has 0 aliphatic carbocycles. The highest BCUT2D eigenvalue weighted by Crippen LogP contribution is 2.27. The third-order valence-corrected chi connectivity index (χ3v) is 3.41. The molecule has 4 heteroatoms. The molecule has 18 heavy (non-hydrogen) atoms. The first kappa shape index (κ1) is 13.3. The zero-order chi connectivity index (χ0) is 13.2. The monoisotopic (exact) mass is 253 g/mol. The summed E-state index contributed by atoms with van der Waals surface area (Å²) in [5, 5.41) is 3.45. The van der Waals surface area contributed by atoms with Crippen LogP contribution in [0.5, 0.6) is 5.75 Å². The lowest BCUT2D eigenvalue weighted by Crippen LogP contribution is -2.47. The van der Waals surface area contributed by atoms with Gasteiger partial charge in [-0.05, 0) is 24.6 Å². The van der Waals surface area contributed by atoms with Crippen molar-refractivity contribution >= 4 is 0 Å². The van der Waals surface area contributed by atoms with Crippen LogP contribution in [0.25, 0.3) is 0 Å². The Bertz CT molecular complexity index is 418. The van der Waals surface area contributed by atoms with Crippen LogP contribution in [0.4, 0.5) is 4.39 Å². The van der Waals surface area contributed by atoms with Crippen molar-refractivity contribution in [2.75, 3.05) is 26.9 Å². The van der Waals surface area contributed by atoms with E-state index in [9.17, 15) is 4.39 Å². The van der Waals surface area contributed by atoms with E-state index in [2.05, 4.69) is 19.2 Å². The largest absolute Gasteiger partial charge is 0.494 e. The molecule has 1 aromatic carbocycles. The molecule has 1 fully saturated rings. The van der Waals surface area contributed by atoms with Gasteiger partial charge in [0.15, 0.2) is 11.6 Å². The topological polar surface area (TPSA) is 30.5 Å². The fourth-order valence-corrected chi connectivity index (χ4v) is 2.02. The van der Waals surface area contributed by atoms with Gasteiger partial charge in [-0.25, -0.2) is 4.39 Å². The summed E-state index contributed by atoms with van der Waals surface area (Å²) in [6.45, 7) is 6.77. The highest BCUT2D eigenvalue weighted by Gasteiger charge is 2.33. The Hall–Kier alpha value is -1.13. The summed E-state index contributed by atoms with van der Waals surface area (Å²) in [6.07, 6.45) is 0. The molecule has 1 aliphatic rings. The minimum absolute atomic E-state index is 0.164. The zero-order valence-electron chi connectivity index (χ0n) is 11.1. The molecule has 2 rings (SSSR count). The van der Waals surface area contributed by atoms with Gasteiger partial charge >= 0.3 is 0 Å². The minimum Gasteiger partial charge on any atom is -0.494 e. The fourth-order valence-electron chi connectivity index (χ4n) is 2.02. The van der Waals surface area contributed by atoms with Crippen LogP contribution in [0.1, 0.15) is 25.5 Å². The molecule has 1 unspecified atom stereocenters. The van der Waals surface area contributed by atoms with Crippen molar-refractivity contribution in [3.8, 4) is 5.75 Å². The van der Waals surface area contributed by atoms with E-state index in [0.29, 0.717) is 5.75 Å². The standard InChI is InChI=1S/C14H20FNO2/c1-10(16-7-14(2)8-18-9-14)11-4-5-12(15)13(6-11)17-3/h4-6,10,16H,7-9H2,1-3H3. The molecule has 0 amide bonds. The molecule has 0 radical (unpaired) electrons. The van der Waals surface area contributed by atoms with Gasteiger partial charge in [-0.3, -0.25) is 0 Å². The van der Waals surface area contributed by atoms with Gasteiger partial charge in [0, 0.05) is 18.0 Å². The Kier molecular flexibility index (Phi) is 3.88. The summed E-state index contributed by atoms with van der Waals surface area (Å²) in [5.74, 6) is -0.0351. The van der Waals surface area contributed by atoms with E-state index >= 15 is 0 Å². The maximum Gasteiger partial charge on any atom is 0.165 e. The number of nitrogens with one attached hydrogen (secondary N) is 1. The molecule has 0 spiro atoms. The predicted octanol–water partition coefficient (Wildman–Crippen LogP) is 2.52. The van der Waals surface area contributed by atoms with Crippen LogP contribution < -0.4 is 10.1 Å². The van der Waals surface area contributed by atoms with Gasteiger partial charge in [0.25, 0.3) is 0 Å². The first-order valence-electron chi connectivity index (χ1n) is 6.19. The van der Waals surface area contributed by atoms with Crippen molar-refractivity contribution in [2.45, 2.75) is 19.9 Å². The number of rotatable bonds is 5. The van der Waals surface area contributed by atoms with E-state index in [1.807, 2.05) is 0 Å². The molecule has 1 saturated heterocycles. The van der Waals surface area contributed by atoms with Crippen LogP contribution in [-0.2, 0) is 4.74 Å². The van der Waals surface area contributed by atoms with Crippen LogP contribution >= 0.6 is 0 Å². The van der Waals surface area contributed by atoms with Crippen molar-refractivity contribution in [2.24, 2.45) is 5.41 Å². The molecule has 0 bridgehead atoms. The second-order valence-corrected chi connectivity index (χ2v) is 5.30. The van der Waals surface area contributed by atoms with Crippen molar-refractivity contribution < 1.29 is 13.9 Å². The summed E-state index contributed by atoms with van der Waals surface area (Å²) in [7, 11) is 1.48. The first-order valence-corrected chi connectivity index (χ1v) is 6.19. The van der Waals surface area contributed by atoms with Gasteiger partial charge in [0.2, 0.25) is 0 Å². The van der Waals surface area contributed by atoms with E-state index < -0.39 is 0 Å². The van der Waals surface area contributed by atoms with Gasteiger partial charge in [-0.1, -0.05) is 13.0 Å². The van der Waals surface area contributed by atoms with E-state index in [4.69, 9.17) is 9.47 Å². The maximum atomic E-state index is 13.3. The van der Waals surface area contributed by atoms with Gasteiger partial charge in [0.05, 0.1) is 20.3 Å². The van der Waals surface area contributed by atoms with E-state index in [0.717, 1.165) is 25.3 Å². The lowest BCUT2D eigenvalue weighted by Gasteiger charge is -2.39. The van der Waals surface area contributed by atoms with Crippen LogP contribution in [0.15, 0.2) is 18.2 Å². The minimum atomic E-state index is -0.326. The third-order valence-electron chi connectivity index (χ3n) is 3.41. The number of hydrogen-bond donors (Lipinski definition) is 1. The first-order chi connectivity index (χ1) is 8.54. The maximum absolute atomic E-state index is 13.3. The molecule has 0 saturated carbocycles. The van der Waals surface area contributed by atoms with Gasteiger partial charge < -0.3 is 14.8 Å². The van der Waals surface area contributed by atoms with Gasteiger partial charge in [-0.2, -0.15) is 0 Å². The Morgan fingerprint density at radius 3 is 2.78 bits per heavy atom. The SMILES string of the molecule is COc1cc(C(C)NCC2(C)COC2)ccc1F. The third kappa shape index (κ3) is 2.82. The second-order valence-electron chi connectivity index (χ2n) is 5.30. The van der Waals surface area contributed by atoms with Gasteiger partial charge in [-0.15, -0.1) is 0 Å². The fraction of sp³-hybridized carbons (Fsp3) is 0.571. The zero-order valence-corrected chi connectivity index (χ0v) is 11.1. The normalized spacial score (nSPS) is 19.1. The number of methoxy groups -OCH3 is 1. The molecule has 1 aromatic rings. The van der Waals surface area contributed by atoms with E-state index in [-0.39, 0.29) is 17.3 Å². The average molecular weight is 253 g/mol. The number of halogens is 1. The highest BCUT2D eigenvalue weighted by atomic mass is 19.1. The lowest BCUT2D eigenvalue weighted by atomic mass is 9.88. The van der Waals surface area contributed by atoms with Gasteiger partial charge in [0.1, 0.15) is 0 Å². The Labute approximate surface area is 107 Å². The number of benzene rings is 1.